The molecule has 10 heavy (non-hydrogen) atoms. The Kier molecular flexibility index (Phi) is 11.1. The Morgan fingerprint density at radius 1 is 1.20 bits per heavy atom. The zero-order valence-corrected chi connectivity index (χ0v) is 5.61. The molecule has 10 heteroatoms. The van der Waals surface area contributed by atoms with Crippen molar-refractivity contribution in [2.45, 2.75) is 0 Å². The molecule has 0 unspecified atom stereocenters. The molecule has 0 heterocycles. The van der Waals surface area contributed by atoms with Crippen LogP contribution in [0.5, 0.6) is 0 Å². The van der Waals surface area contributed by atoms with Crippen LogP contribution in [0.2, 0.25) is 0 Å². The molecule has 0 aliphatic carbocycles. The number of hydrogen-bond acceptors (Lipinski definition) is 5. The summed E-state index contributed by atoms with van der Waals surface area (Å²) >= 11 is 0. The minimum absolute atomic E-state index is 0. The third kappa shape index (κ3) is 3080. The fourth-order valence-electron chi connectivity index (χ4n) is 0. The van der Waals surface area contributed by atoms with Crippen LogP contribution in [0.3, 0.4) is 0 Å². The first kappa shape index (κ1) is 16.3. The average Bonchev–Trinajstić information content (AvgIpc) is 1.19. The van der Waals surface area contributed by atoms with Gasteiger partial charge in [0.1, 0.15) is 0 Å². The van der Waals surface area contributed by atoms with Crippen LogP contribution in [0, 0.1) is 15.3 Å². The van der Waals surface area contributed by atoms with Crippen LogP contribution in [0.15, 0.2) is 0 Å². The summed E-state index contributed by atoms with van der Waals surface area (Å²) < 4.78 is 31.6. The van der Waals surface area contributed by atoms with Gasteiger partial charge >= 0.3 is 29.3 Å². The van der Waals surface area contributed by atoms with Gasteiger partial charge in [0.15, 0.2) is 0 Å². The predicted octanol–water partition coefficient (Wildman–Crippen LogP) is -3.89. The van der Waals surface area contributed by atoms with Gasteiger partial charge < -0.3 is 15.3 Å². The molecule has 0 radical (unpaired) electrons. The molecule has 0 aromatic rings. The van der Waals surface area contributed by atoms with Crippen LogP contribution >= 0.6 is 0 Å². The van der Waals surface area contributed by atoms with Gasteiger partial charge in [-0.3, -0.25) is 9.11 Å². The molecule has 0 spiro atoms. The molecule has 0 amide bonds. The van der Waals surface area contributed by atoms with Crippen molar-refractivity contribution in [1.29, 1.82) is 0 Å². The van der Waals surface area contributed by atoms with Crippen LogP contribution < -0.4 is 18.9 Å². The quantitative estimate of drug-likeness (QED) is 0.162. The van der Waals surface area contributed by atoms with E-state index in [0.29, 0.717) is 0 Å². The molecule has 0 aliphatic heterocycles. The summed E-state index contributed by atoms with van der Waals surface area (Å²) in [5.74, 6) is 0. The summed E-state index contributed by atoms with van der Waals surface area (Å²) in [5.41, 5.74) is 0. The molecule has 0 atom stereocenters. The first-order valence-corrected chi connectivity index (χ1v) is 2.64. The van der Waals surface area contributed by atoms with Gasteiger partial charge in [0.25, 0.3) is 0 Å². The van der Waals surface area contributed by atoms with Crippen molar-refractivity contribution < 1.29 is 41.5 Å². The Balaban J connectivity index is -0.0000000910. The minimum Gasteiger partial charge on any atom is -0.356 e. The topological polar surface area (TPSA) is 141 Å². The van der Waals surface area contributed by atoms with Gasteiger partial charge in [-0.15, -0.1) is 0 Å². The van der Waals surface area contributed by atoms with Gasteiger partial charge in [-0.25, -0.2) is 0 Å². The van der Waals surface area contributed by atoms with E-state index in [2.05, 4.69) is 0 Å². The summed E-state index contributed by atoms with van der Waals surface area (Å²) in [7, 11) is -4.67. The zero-order chi connectivity index (χ0) is 8.08. The van der Waals surface area contributed by atoms with Gasteiger partial charge in [0.05, 0.1) is 5.09 Å². The largest absolute Gasteiger partial charge is 1.00 e. The van der Waals surface area contributed by atoms with E-state index < -0.39 is 15.5 Å². The predicted molar refractivity (Wildman–Crippen MR) is 24.5 cm³/mol. The summed E-state index contributed by atoms with van der Waals surface area (Å²) in [6, 6.07) is 0. The van der Waals surface area contributed by atoms with E-state index in [1.807, 2.05) is 0 Å². The SMILES string of the molecule is O=S(=O)(O)O.O=[N+]([O-])[O-].[Li+]. The molecule has 0 aromatic carbocycles. The zero-order valence-electron chi connectivity index (χ0n) is 4.79. The fourth-order valence-corrected chi connectivity index (χ4v) is 0. The van der Waals surface area contributed by atoms with Crippen molar-refractivity contribution in [3.63, 3.8) is 0 Å². The molecule has 0 saturated carbocycles. The second kappa shape index (κ2) is 6.78. The molecule has 8 nitrogen and oxygen atoms in total. The van der Waals surface area contributed by atoms with Gasteiger partial charge in [-0.05, 0) is 0 Å². The van der Waals surface area contributed by atoms with E-state index in [4.69, 9.17) is 32.8 Å². The Bertz CT molecular complexity index is 156. The third-order valence-electron chi connectivity index (χ3n) is 0. The van der Waals surface area contributed by atoms with Gasteiger partial charge in [-0.1, -0.05) is 0 Å². The van der Waals surface area contributed by atoms with Crippen molar-refractivity contribution >= 4 is 10.4 Å². The molecule has 0 rings (SSSR count). The molecular weight excluding hydrogens is 165 g/mol. The van der Waals surface area contributed by atoms with E-state index >= 15 is 0 Å². The molecular formula is H2LiNO7S. The van der Waals surface area contributed by atoms with Crippen LogP contribution in [0.1, 0.15) is 0 Å². The Morgan fingerprint density at radius 3 is 1.20 bits per heavy atom. The molecule has 56 valence electrons. The van der Waals surface area contributed by atoms with E-state index in [1.54, 1.807) is 0 Å². The van der Waals surface area contributed by atoms with Crippen LogP contribution in [-0.2, 0) is 10.4 Å². The van der Waals surface area contributed by atoms with Crippen LogP contribution in [0.4, 0.5) is 0 Å². The van der Waals surface area contributed by atoms with Gasteiger partial charge in [-0.2, -0.15) is 8.42 Å². The van der Waals surface area contributed by atoms with E-state index in [9.17, 15) is 0 Å². The van der Waals surface area contributed by atoms with Crippen LogP contribution in [0.25, 0.3) is 0 Å². The average molecular weight is 167 g/mol. The second-order valence-electron chi connectivity index (χ2n) is 0.671. The molecule has 0 aliphatic rings. The molecule has 0 bridgehead atoms. The Labute approximate surface area is 67.7 Å². The summed E-state index contributed by atoms with van der Waals surface area (Å²) in [5, 5.41) is 14.8. The first-order valence-electron chi connectivity index (χ1n) is 1.25. The van der Waals surface area contributed by atoms with Crippen molar-refractivity contribution in [2.75, 3.05) is 0 Å². The smallest absolute Gasteiger partial charge is 0.356 e. The number of hydrogen-bond donors (Lipinski definition) is 2. The molecule has 0 aromatic heterocycles. The van der Waals surface area contributed by atoms with Crippen molar-refractivity contribution in [3.05, 3.63) is 15.3 Å². The minimum atomic E-state index is -4.67. The van der Waals surface area contributed by atoms with Gasteiger partial charge in [0.2, 0.25) is 0 Å². The van der Waals surface area contributed by atoms with E-state index in [1.165, 1.54) is 0 Å². The van der Waals surface area contributed by atoms with Crippen molar-refractivity contribution in [2.24, 2.45) is 0 Å². The normalized spacial score (nSPS) is 8.20. The molecule has 0 saturated heterocycles. The maximum absolute atomic E-state index is 8.74. The summed E-state index contributed by atoms with van der Waals surface area (Å²) in [6.45, 7) is 0. The first-order chi connectivity index (χ1) is 3.73. The van der Waals surface area contributed by atoms with Crippen molar-refractivity contribution in [1.82, 2.24) is 0 Å². The summed E-state index contributed by atoms with van der Waals surface area (Å²) in [4.78, 5) is 8.25. The Hall–Kier alpha value is -0.333. The second-order valence-corrected chi connectivity index (χ2v) is 1.57. The number of nitrogens with zero attached hydrogens (tertiary/aromatic N) is 1. The van der Waals surface area contributed by atoms with Crippen LogP contribution in [-0.4, -0.2) is 22.6 Å². The van der Waals surface area contributed by atoms with Gasteiger partial charge in [0, 0.05) is 0 Å². The molecule has 2 N–H and O–H groups in total. The Morgan fingerprint density at radius 2 is 1.20 bits per heavy atom. The maximum Gasteiger partial charge on any atom is 1.00 e. The standard InChI is InChI=1S/Li.NO3.H2O4S/c;2-1(3)4;1-5(2,3)4/h;;(H2,1,2,3,4)/q+1;-1;. The fraction of sp³-hybridized carbons (Fsp3) is 0. The number of rotatable bonds is 0. The van der Waals surface area contributed by atoms with E-state index in [0.717, 1.165) is 0 Å². The van der Waals surface area contributed by atoms with E-state index in [-0.39, 0.29) is 18.9 Å². The summed E-state index contributed by atoms with van der Waals surface area (Å²) in [6.07, 6.45) is 0. The monoisotopic (exact) mass is 167 g/mol. The maximum atomic E-state index is 8.74. The molecule has 0 fully saturated rings. The van der Waals surface area contributed by atoms with Crippen molar-refractivity contribution in [3.8, 4) is 0 Å². The third-order valence-corrected chi connectivity index (χ3v) is 0.